The number of ether oxygens (including phenoxy) is 1. The van der Waals surface area contributed by atoms with Gasteiger partial charge in [-0.1, -0.05) is 51.1 Å². The Bertz CT molecular complexity index is 2240. The molecule has 3 aromatic carbocycles. The second-order valence-corrected chi connectivity index (χ2v) is 12.7. The minimum Gasteiger partial charge on any atom is -0.439 e. The van der Waals surface area contributed by atoms with E-state index in [1.807, 2.05) is 24.4 Å². The molecule has 0 unspecified atom stereocenters. The molecule has 226 valence electrons. The van der Waals surface area contributed by atoms with Crippen LogP contribution in [0.4, 0.5) is 17.1 Å². The highest BCUT2D eigenvalue weighted by atomic mass is 16.5. The average molecular weight is 604 g/mol. The third kappa shape index (κ3) is 4.79. The Balaban J connectivity index is 1.26. The van der Waals surface area contributed by atoms with Gasteiger partial charge in [0.2, 0.25) is 5.88 Å². The highest BCUT2D eigenvalue weighted by Crippen LogP contribution is 2.42. The summed E-state index contributed by atoms with van der Waals surface area (Å²) < 4.78 is 8.81. The number of hydrogen-bond donors (Lipinski definition) is 0. The molecule has 46 heavy (non-hydrogen) atoms. The van der Waals surface area contributed by atoms with Crippen molar-refractivity contribution in [1.82, 2.24) is 24.5 Å². The van der Waals surface area contributed by atoms with Crippen LogP contribution in [0.3, 0.4) is 0 Å². The lowest BCUT2D eigenvalue weighted by Crippen LogP contribution is -2.24. The van der Waals surface area contributed by atoms with Crippen molar-refractivity contribution in [2.75, 3.05) is 23.5 Å². The van der Waals surface area contributed by atoms with Gasteiger partial charge in [-0.25, -0.2) is 19.9 Å². The number of para-hydroxylation sites is 3. The number of pyridine rings is 2. The zero-order chi connectivity index (χ0) is 31.4. The normalized spacial score (nSPS) is 13.0. The van der Waals surface area contributed by atoms with Gasteiger partial charge in [-0.15, -0.1) is 0 Å². The molecule has 0 saturated carbocycles. The van der Waals surface area contributed by atoms with Crippen molar-refractivity contribution >= 4 is 38.9 Å². The summed E-state index contributed by atoms with van der Waals surface area (Å²) in [6.45, 7) is 7.36. The van der Waals surface area contributed by atoms with Gasteiger partial charge in [0.25, 0.3) is 0 Å². The quantitative estimate of drug-likeness (QED) is 0.195. The molecule has 0 fully saturated rings. The van der Waals surface area contributed by atoms with Crippen LogP contribution in [-0.4, -0.2) is 38.2 Å². The molecule has 0 saturated heterocycles. The third-order valence-corrected chi connectivity index (χ3v) is 8.54. The first-order valence-electron chi connectivity index (χ1n) is 15.4. The van der Waals surface area contributed by atoms with Gasteiger partial charge in [-0.3, -0.25) is 4.57 Å². The van der Waals surface area contributed by atoms with Crippen LogP contribution in [0.5, 0.6) is 11.6 Å². The number of aromatic nitrogens is 5. The summed E-state index contributed by atoms with van der Waals surface area (Å²) in [6.07, 6.45) is 5.35. The number of hydrogen-bond acceptors (Lipinski definition) is 7. The fourth-order valence-electron chi connectivity index (χ4n) is 6.23. The summed E-state index contributed by atoms with van der Waals surface area (Å²) in [4.78, 5) is 23.2. The Morgan fingerprint density at radius 2 is 1.46 bits per heavy atom. The molecule has 7 aromatic rings. The number of anilines is 3. The lowest BCUT2D eigenvalue weighted by atomic mass is 9.88. The molecule has 0 radical (unpaired) electrons. The van der Waals surface area contributed by atoms with E-state index >= 15 is 0 Å². The van der Waals surface area contributed by atoms with Crippen LogP contribution in [0.25, 0.3) is 39.1 Å². The third-order valence-electron chi connectivity index (χ3n) is 8.54. The van der Waals surface area contributed by atoms with E-state index in [0.29, 0.717) is 29.8 Å². The summed E-state index contributed by atoms with van der Waals surface area (Å²) in [5.41, 5.74) is 7.19. The Kier molecular flexibility index (Phi) is 6.46. The predicted molar refractivity (Wildman–Crippen MR) is 184 cm³/mol. The standard InChI is InChI=1S/C38H33N7O/c1-38(2,3)25-16-19-39-35(20-25)45-31-11-6-5-10-28(31)29-15-14-27(23-34(29)45)46-36-22-26(21-30(42-36)37-40-17-9-18-41-37)44-24-43(4)32-12-7-8-13-33(32)44/h5-23H,24H2,1-4H3. The SMILES string of the molecule is CN1CN(c2cc(Oc3ccc4c5ccccc5n(-c5cc(C(C)(C)C)ccn5)c4c3)nc(-c3ncccn3)c2)c2ccccc21. The van der Waals surface area contributed by atoms with Crippen LogP contribution < -0.4 is 14.5 Å². The Labute approximate surface area is 267 Å². The minimum atomic E-state index is -0.00769. The molecule has 0 atom stereocenters. The van der Waals surface area contributed by atoms with Gasteiger partial charge >= 0.3 is 0 Å². The van der Waals surface area contributed by atoms with Crippen LogP contribution in [-0.2, 0) is 5.41 Å². The van der Waals surface area contributed by atoms with Gasteiger partial charge in [-0.2, -0.15) is 0 Å². The largest absolute Gasteiger partial charge is 0.439 e. The Hall–Kier alpha value is -5.76. The van der Waals surface area contributed by atoms with E-state index in [1.165, 1.54) is 11.3 Å². The monoisotopic (exact) mass is 603 g/mol. The predicted octanol–water partition coefficient (Wildman–Crippen LogP) is 8.67. The van der Waals surface area contributed by atoms with Gasteiger partial charge in [0.15, 0.2) is 5.82 Å². The molecule has 0 N–H and O–H groups in total. The second kappa shape index (κ2) is 10.7. The number of nitrogens with zero attached hydrogens (tertiary/aromatic N) is 7. The molecular weight excluding hydrogens is 570 g/mol. The topological polar surface area (TPSA) is 72.2 Å². The number of benzene rings is 3. The van der Waals surface area contributed by atoms with Crippen molar-refractivity contribution in [3.63, 3.8) is 0 Å². The fraction of sp³-hybridized carbons (Fsp3) is 0.158. The van der Waals surface area contributed by atoms with E-state index in [1.54, 1.807) is 18.5 Å². The average Bonchev–Trinajstić information content (AvgIpc) is 3.59. The van der Waals surface area contributed by atoms with E-state index in [4.69, 9.17) is 14.7 Å². The minimum absolute atomic E-state index is 0.00769. The highest BCUT2D eigenvalue weighted by Gasteiger charge is 2.26. The van der Waals surface area contributed by atoms with E-state index in [2.05, 4.69) is 125 Å². The number of rotatable bonds is 5. The molecule has 0 aliphatic carbocycles. The first-order chi connectivity index (χ1) is 22.3. The van der Waals surface area contributed by atoms with E-state index < -0.39 is 0 Å². The maximum Gasteiger partial charge on any atom is 0.221 e. The maximum atomic E-state index is 6.59. The lowest BCUT2D eigenvalue weighted by Gasteiger charge is -2.21. The summed E-state index contributed by atoms with van der Waals surface area (Å²) in [6, 6.07) is 33.1. The van der Waals surface area contributed by atoms with Gasteiger partial charge in [0.1, 0.15) is 17.3 Å². The molecule has 8 nitrogen and oxygen atoms in total. The van der Waals surface area contributed by atoms with E-state index in [0.717, 1.165) is 39.0 Å². The molecule has 1 aliphatic heterocycles. The van der Waals surface area contributed by atoms with Crippen LogP contribution in [0.1, 0.15) is 26.3 Å². The van der Waals surface area contributed by atoms with E-state index in [9.17, 15) is 0 Å². The van der Waals surface area contributed by atoms with Gasteiger partial charge in [-0.05, 0) is 65.6 Å². The van der Waals surface area contributed by atoms with Crippen molar-refractivity contribution in [2.24, 2.45) is 0 Å². The van der Waals surface area contributed by atoms with Crippen LogP contribution in [0, 0.1) is 0 Å². The summed E-state index contributed by atoms with van der Waals surface area (Å²) in [5.74, 6) is 2.54. The summed E-state index contributed by atoms with van der Waals surface area (Å²) in [7, 11) is 2.10. The molecule has 0 amide bonds. The first kappa shape index (κ1) is 27.8. The van der Waals surface area contributed by atoms with Gasteiger partial charge in [0.05, 0.1) is 34.8 Å². The Morgan fingerprint density at radius 1 is 0.696 bits per heavy atom. The van der Waals surface area contributed by atoms with Crippen LogP contribution >= 0.6 is 0 Å². The van der Waals surface area contributed by atoms with Crippen molar-refractivity contribution in [3.8, 4) is 29.0 Å². The fourth-order valence-corrected chi connectivity index (χ4v) is 6.23. The molecule has 4 aromatic heterocycles. The van der Waals surface area contributed by atoms with Crippen molar-refractivity contribution in [2.45, 2.75) is 26.2 Å². The molecule has 0 bridgehead atoms. The smallest absolute Gasteiger partial charge is 0.221 e. The second-order valence-electron chi connectivity index (χ2n) is 12.7. The molecule has 0 spiro atoms. The Morgan fingerprint density at radius 3 is 2.28 bits per heavy atom. The highest BCUT2D eigenvalue weighted by molar-refractivity contribution is 6.09. The van der Waals surface area contributed by atoms with Crippen LogP contribution in [0.15, 0.2) is 116 Å². The van der Waals surface area contributed by atoms with Gasteiger partial charge in [0, 0.05) is 48.5 Å². The zero-order valence-electron chi connectivity index (χ0n) is 26.2. The molecule has 8 heteroatoms. The van der Waals surface area contributed by atoms with Crippen molar-refractivity contribution in [1.29, 1.82) is 0 Å². The van der Waals surface area contributed by atoms with Gasteiger partial charge < -0.3 is 14.5 Å². The zero-order valence-corrected chi connectivity index (χ0v) is 26.2. The van der Waals surface area contributed by atoms with Crippen LogP contribution in [0.2, 0.25) is 0 Å². The van der Waals surface area contributed by atoms with Crippen molar-refractivity contribution < 1.29 is 4.74 Å². The molecule has 5 heterocycles. The van der Waals surface area contributed by atoms with Crippen molar-refractivity contribution in [3.05, 3.63) is 121 Å². The summed E-state index contributed by atoms with van der Waals surface area (Å²) >= 11 is 0. The molecular formula is C38H33N7O. The van der Waals surface area contributed by atoms with E-state index in [-0.39, 0.29) is 5.41 Å². The molecule has 8 rings (SSSR count). The summed E-state index contributed by atoms with van der Waals surface area (Å²) in [5, 5.41) is 2.29. The number of fused-ring (bicyclic) bond motifs is 4. The lowest BCUT2D eigenvalue weighted by molar-refractivity contribution is 0.464. The molecule has 1 aliphatic rings. The first-order valence-corrected chi connectivity index (χ1v) is 15.4. The maximum absolute atomic E-state index is 6.59.